The van der Waals surface area contributed by atoms with E-state index in [1.54, 1.807) is 7.11 Å². The molecule has 1 saturated heterocycles. The molecule has 1 saturated carbocycles. The second-order valence-electron chi connectivity index (χ2n) is 5.13. The van der Waals surface area contributed by atoms with Gasteiger partial charge in [0.25, 0.3) is 0 Å². The monoisotopic (exact) mass is 258 g/mol. The van der Waals surface area contributed by atoms with Gasteiger partial charge < -0.3 is 19.1 Å². The summed E-state index contributed by atoms with van der Waals surface area (Å²) in [6, 6.07) is 0. The van der Waals surface area contributed by atoms with Crippen molar-refractivity contribution in [1.82, 2.24) is 0 Å². The molecule has 0 unspecified atom stereocenters. The maximum atomic E-state index is 11.9. The maximum absolute atomic E-state index is 11.9. The number of nitrogens with one attached hydrogen (secondary N) is 1. The van der Waals surface area contributed by atoms with Crippen molar-refractivity contribution >= 4 is 5.97 Å². The summed E-state index contributed by atoms with van der Waals surface area (Å²) < 4.78 is 16.2. The number of esters is 1. The predicted octanol–water partition coefficient (Wildman–Crippen LogP) is -0.598. The van der Waals surface area contributed by atoms with Gasteiger partial charge in [0.2, 0.25) is 0 Å². The molecule has 2 aliphatic rings. The smallest absolute Gasteiger partial charge is 0.362 e. The summed E-state index contributed by atoms with van der Waals surface area (Å²) in [6.45, 7) is 3.73. The second-order valence-corrected chi connectivity index (χ2v) is 5.13. The van der Waals surface area contributed by atoms with Gasteiger partial charge in [0.05, 0.1) is 19.3 Å². The summed E-state index contributed by atoms with van der Waals surface area (Å²) in [5, 5.41) is 0. The highest BCUT2D eigenvalue weighted by molar-refractivity contribution is 5.70. The van der Waals surface area contributed by atoms with Crippen LogP contribution in [0.4, 0.5) is 0 Å². The quantitative estimate of drug-likeness (QED) is 0.684. The van der Waals surface area contributed by atoms with E-state index in [4.69, 9.17) is 14.2 Å². The molecule has 1 heterocycles. The van der Waals surface area contributed by atoms with Gasteiger partial charge in [-0.2, -0.15) is 0 Å². The maximum Gasteiger partial charge on any atom is 0.362 e. The zero-order chi connectivity index (χ0) is 12.8. The first-order valence-electron chi connectivity index (χ1n) is 6.93. The van der Waals surface area contributed by atoms with E-state index >= 15 is 0 Å². The fourth-order valence-corrected chi connectivity index (χ4v) is 2.72. The molecule has 1 N–H and O–H groups in total. The Kier molecular flexibility index (Phi) is 5.41. The van der Waals surface area contributed by atoms with Crippen molar-refractivity contribution in [3.05, 3.63) is 0 Å². The molecule has 0 aromatic heterocycles. The molecule has 0 aromatic rings. The van der Waals surface area contributed by atoms with Crippen molar-refractivity contribution in [3.8, 4) is 0 Å². The predicted molar refractivity (Wildman–Crippen MR) is 65.5 cm³/mol. The molecular formula is C13H24NO4+. The van der Waals surface area contributed by atoms with E-state index in [1.807, 2.05) is 0 Å². The lowest BCUT2D eigenvalue weighted by Gasteiger charge is -2.30. The van der Waals surface area contributed by atoms with Crippen LogP contribution < -0.4 is 4.90 Å². The van der Waals surface area contributed by atoms with Crippen molar-refractivity contribution in [1.29, 1.82) is 0 Å². The molecule has 1 aliphatic carbocycles. The standard InChI is InChI=1S/C13H23NO4/c1-16-11-4-2-3-5-12(11)18-13(15)10-14-6-8-17-9-7-14/h11-12H,2-10H2,1H3/p+1/t11-,12+/m1/s1. The first-order valence-corrected chi connectivity index (χ1v) is 6.93. The van der Waals surface area contributed by atoms with Crippen LogP contribution >= 0.6 is 0 Å². The lowest BCUT2D eigenvalue weighted by molar-refractivity contribution is -0.900. The van der Waals surface area contributed by atoms with Gasteiger partial charge in [0.1, 0.15) is 19.2 Å². The summed E-state index contributed by atoms with van der Waals surface area (Å²) in [6.07, 6.45) is 4.27. The lowest BCUT2D eigenvalue weighted by Crippen LogP contribution is -3.15. The van der Waals surface area contributed by atoms with E-state index in [1.165, 1.54) is 11.3 Å². The van der Waals surface area contributed by atoms with E-state index in [2.05, 4.69) is 0 Å². The van der Waals surface area contributed by atoms with Crippen LogP contribution in [0.25, 0.3) is 0 Å². The number of hydrogen-bond acceptors (Lipinski definition) is 4. The third kappa shape index (κ3) is 3.93. The largest absolute Gasteiger partial charge is 0.455 e. The van der Waals surface area contributed by atoms with Gasteiger partial charge in [-0.1, -0.05) is 6.42 Å². The zero-order valence-corrected chi connectivity index (χ0v) is 11.2. The van der Waals surface area contributed by atoms with Crippen LogP contribution in [0.2, 0.25) is 0 Å². The highest BCUT2D eigenvalue weighted by Crippen LogP contribution is 2.23. The van der Waals surface area contributed by atoms with E-state index in [9.17, 15) is 4.79 Å². The number of ether oxygens (including phenoxy) is 3. The summed E-state index contributed by atoms with van der Waals surface area (Å²) in [5.41, 5.74) is 0. The lowest BCUT2D eigenvalue weighted by atomic mass is 9.94. The molecule has 0 radical (unpaired) electrons. The van der Waals surface area contributed by atoms with Gasteiger partial charge >= 0.3 is 5.97 Å². The van der Waals surface area contributed by atoms with Gasteiger partial charge in [-0.15, -0.1) is 0 Å². The molecule has 2 rings (SSSR count). The molecule has 1 aliphatic heterocycles. The third-order valence-corrected chi connectivity index (χ3v) is 3.82. The molecule has 0 aromatic carbocycles. The van der Waals surface area contributed by atoms with Crippen molar-refractivity contribution in [3.63, 3.8) is 0 Å². The first-order chi connectivity index (χ1) is 8.79. The van der Waals surface area contributed by atoms with Crippen molar-refractivity contribution < 1.29 is 23.9 Å². The Balaban J connectivity index is 1.75. The molecule has 2 atom stereocenters. The van der Waals surface area contributed by atoms with E-state index in [0.29, 0.717) is 6.54 Å². The topological polar surface area (TPSA) is 49.2 Å². The van der Waals surface area contributed by atoms with Gasteiger partial charge in [-0.3, -0.25) is 0 Å². The molecule has 0 bridgehead atoms. The van der Waals surface area contributed by atoms with E-state index < -0.39 is 0 Å². The SMILES string of the molecule is CO[C@@H]1CCCC[C@@H]1OC(=O)C[NH+]1CCOCC1. The molecule has 0 amide bonds. The highest BCUT2D eigenvalue weighted by atomic mass is 16.6. The van der Waals surface area contributed by atoms with E-state index in [-0.39, 0.29) is 18.2 Å². The van der Waals surface area contributed by atoms with Gasteiger partial charge in [-0.25, -0.2) is 4.79 Å². The van der Waals surface area contributed by atoms with Crippen molar-refractivity contribution in [2.24, 2.45) is 0 Å². The van der Waals surface area contributed by atoms with Gasteiger partial charge in [0.15, 0.2) is 6.54 Å². The highest BCUT2D eigenvalue weighted by Gasteiger charge is 2.29. The molecule has 5 heteroatoms. The van der Waals surface area contributed by atoms with Crippen molar-refractivity contribution in [2.75, 3.05) is 40.0 Å². The minimum atomic E-state index is -0.0964. The van der Waals surface area contributed by atoms with Crippen LogP contribution in [0.15, 0.2) is 0 Å². The molecule has 5 nitrogen and oxygen atoms in total. The van der Waals surface area contributed by atoms with Gasteiger partial charge in [-0.05, 0) is 19.3 Å². The molecule has 18 heavy (non-hydrogen) atoms. The minimum absolute atomic E-state index is 0.0447. The number of methoxy groups -OCH3 is 1. The average molecular weight is 258 g/mol. The molecule has 0 spiro atoms. The fraction of sp³-hybridized carbons (Fsp3) is 0.923. The summed E-state index contributed by atoms with van der Waals surface area (Å²) in [4.78, 5) is 13.2. The average Bonchev–Trinajstić information content (AvgIpc) is 2.40. The molecule has 2 fully saturated rings. The van der Waals surface area contributed by atoms with Crippen molar-refractivity contribution in [2.45, 2.75) is 37.9 Å². The Morgan fingerprint density at radius 2 is 1.89 bits per heavy atom. The van der Waals surface area contributed by atoms with Crippen LogP contribution in [0.5, 0.6) is 0 Å². The van der Waals surface area contributed by atoms with Crippen LogP contribution in [0, 0.1) is 0 Å². The second kappa shape index (κ2) is 7.07. The van der Waals surface area contributed by atoms with Crippen LogP contribution in [0.1, 0.15) is 25.7 Å². The Morgan fingerprint density at radius 1 is 1.22 bits per heavy atom. The number of rotatable bonds is 4. The molecular weight excluding hydrogens is 234 g/mol. The number of hydrogen-bond donors (Lipinski definition) is 1. The minimum Gasteiger partial charge on any atom is -0.455 e. The Hall–Kier alpha value is -0.650. The summed E-state index contributed by atoms with van der Waals surface area (Å²) in [5.74, 6) is -0.0964. The molecule has 104 valence electrons. The Morgan fingerprint density at radius 3 is 2.56 bits per heavy atom. The number of carbonyl (C=O) groups excluding carboxylic acids is 1. The van der Waals surface area contributed by atoms with Crippen LogP contribution in [-0.4, -0.2) is 58.1 Å². The fourth-order valence-electron chi connectivity index (χ4n) is 2.72. The summed E-state index contributed by atoms with van der Waals surface area (Å²) >= 11 is 0. The number of morpholine rings is 1. The number of carbonyl (C=O) groups is 1. The summed E-state index contributed by atoms with van der Waals surface area (Å²) in [7, 11) is 1.70. The van der Waals surface area contributed by atoms with Gasteiger partial charge in [0, 0.05) is 7.11 Å². The Bertz CT molecular complexity index is 266. The van der Waals surface area contributed by atoms with Crippen LogP contribution in [0.3, 0.4) is 0 Å². The normalized spacial score (nSPS) is 30.1. The zero-order valence-electron chi connectivity index (χ0n) is 11.2. The number of quaternary nitrogens is 1. The third-order valence-electron chi connectivity index (χ3n) is 3.82. The van der Waals surface area contributed by atoms with E-state index in [0.717, 1.165) is 45.6 Å². The van der Waals surface area contributed by atoms with Crippen LogP contribution in [-0.2, 0) is 19.0 Å². The Labute approximate surface area is 108 Å². The first kappa shape index (κ1) is 13.8.